The molecule has 12 heteroatoms. The van der Waals surface area contributed by atoms with Gasteiger partial charge in [-0.1, -0.05) is 36.4 Å². The molecule has 2 heterocycles. The second-order valence-corrected chi connectivity index (χ2v) is 9.87. The van der Waals surface area contributed by atoms with Gasteiger partial charge < -0.3 is 27.0 Å². The van der Waals surface area contributed by atoms with Crippen LogP contribution in [-0.2, 0) is 24.9 Å². The molecule has 0 saturated carbocycles. The van der Waals surface area contributed by atoms with Crippen molar-refractivity contribution in [2.45, 2.75) is 32.0 Å². The fourth-order valence-electron chi connectivity index (χ4n) is 4.66. The molecule has 1 fully saturated rings. The van der Waals surface area contributed by atoms with E-state index in [0.29, 0.717) is 47.7 Å². The summed E-state index contributed by atoms with van der Waals surface area (Å²) in [7, 11) is 2.71. The number of benzene rings is 2. The van der Waals surface area contributed by atoms with Gasteiger partial charge in [-0.3, -0.25) is 23.9 Å². The van der Waals surface area contributed by atoms with Crippen LogP contribution < -0.4 is 33.3 Å². The van der Waals surface area contributed by atoms with Crippen molar-refractivity contribution in [1.29, 1.82) is 0 Å². The van der Waals surface area contributed by atoms with Gasteiger partial charge in [-0.05, 0) is 36.1 Å². The highest BCUT2D eigenvalue weighted by Gasteiger charge is 2.24. The maximum atomic E-state index is 13.1. The molecule has 1 aromatic heterocycles. The maximum Gasteiger partial charge on any atom is 0.332 e. The number of likely N-dealkylation sites (N-methyl/N-ethyl adjacent to an activating group) is 1. The predicted octanol–water partition coefficient (Wildman–Crippen LogP) is 1.11. The lowest BCUT2D eigenvalue weighted by molar-refractivity contribution is -0.153. The van der Waals surface area contributed by atoms with Gasteiger partial charge >= 0.3 is 5.69 Å². The average molecular weight is 549 g/mol. The summed E-state index contributed by atoms with van der Waals surface area (Å²) in [4.78, 5) is 40.1. The quantitative estimate of drug-likeness (QED) is 0.114. The number of para-hydroxylation sites is 2. The van der Waals surface area contributed by atoms with E-state index in [9.17, 15) is 19.6 Å². The number of likely N-dealkylation sites (tertiary alicyclic amines) is 1. The Bertz CT molecular complexity index is 1510. The first-order valence-corrected chi connectivity index (χ1v) is 13.0. The number of hydrogen-bond donors (Lipinski definition) is 5. The largest absolute Gasteiger partial charge is 0.398 e. The minimum absolute atomic E-state index is 0.145. The zero-order chi connectivity index (χ0) is 28.8. The number of nitrogens with one attached hydrogen (secondary N) is 2. The Morgan fingerprint density at radius 1 is 1.10 bits per heavy atom. The van der Waals surface area contributed by atoms with Gasteiger partial charge in [0.15, 0.2) is 0 Å². The lowest BCUT2D eigenvalue weighted by atomic mass is 10.1. The molecule has 1 amide bonds. The van der Waals surface area contributed by atoms with E-state index < -0.39 is 17.2 Å². The summed E-state index contributed by atoms with van der Waals surface area (Å²) in [6, 6.07) is 16.0. The molecular formula is C28H36N8O4. The van der Waals surface area contributed by atoms with Crippen LogP contribution in [0.15, 0.2) is 76.1 Å². The van der Waals surface area contributed by atoms with Gasteiger partial charge in [0, 0.05) is 63.3 Å². The summed E-state index contributed by atoms with van der Waals surface area (Å²) in [6.07, 6.45) is 2.90. The second kappa shape index (κ2) is 12.4. The van der Waals surface area contributed by atoms with Crippen molar-refractivity contribution in [1.82, 2.24) is 24.4 Å². The zero-order valence-corrected chi connectivity index (χ0v) is 22.7. The number of rotatable bonds is 9. The molecule has 3 aromatic rings. The summed E-state index contributed by atoms with van der Waals surface area (Å²) < 4.78 is 2.57. The molecule has 40 heavy (non-hydrogen) atoms. The third-order valence-electron chi connectivity index (χ3n) is 6.99. The molecule has 12 nitrogen and oxygen atoms in total. The van der Waals surface area contributed by atoms with Crippen LogP contribution in [0.2, 0.25) is 0 Å². The van der Waals surface area contributed by atoms with Gasteiger partial charge in [0.25, 0.3) is 11.5 Å². The Balaban J connectivity index is 1.58. The van der Waals surface area contributed by atoms with Crippen LogP contribution in [-0.4, -0.2) is 56.4 Å². The number of aromatic nitrogens is 2. The first-order valence-electron chi connectivity index (χ1n) is 13.0. The predicted molar refractivity (Wildman–Crippen MR) is 154 cm³/mol. The number of amides is 1. The van der Waals surface area contributed by atoms with Crippen molar-refractivity contribution in [3.63, 3.8) is 0 Å². The Kier molecular flexibility index (Phi) is 8.80. The molecule has 0 unspecified atom stereocenters. The van der Waals surface area contributed by atoms with E-state index in [1.807, 2.05) is 41.3 Å². The topological polar surface area (TPSA) is 164 Å². The van der Waals surface area contributed by atoms with Gasteiger partial charge in [-0.2, -0.15) is 0 Å². The van der Waals surface area contributed by atoms with Crippen molar-refractivity contribution in [2.75, 3.05) is 36.9 Å². The number of hydrogen-bond acceptors (Lipinski definition) is 9. The second-order valence-electron chi connectivity index (χ2n) is 9.87. The summed E-state index contributed by atoms with van der Waals surface area (Å²) in [5.41, 5.74) is 14.2. The summed E-state index contributed by atoms with van der Waals surface area (Å²) in [5, 5.41) is 16.9. The fraction of sp³-hybridized carbons (Fsp3) is 0.321. The Morgan fingerprint density at radius 2 is 1.75 bits per heavy atom. The van der Waals surface area contributed by atoms with Crippen LogP contribution in [0.4, 0.5) is 17.2 Å². The Morgan fingerprint density at radius 3 is 2.40 bits per heavy atom. The highest BCUT2D eigenvalue weighted by molar-refractivity contribution is 5.86. The molecule has 1 aliphatic heterocycles. The highest BCUT2D eigenvalue weighted by Crippen LogP contribution is 2.20. The first-order chi connectivity index (χ1) is 19.1. The standard InChI is InChI=1S/C28H36N8O4/c1-33-26(37)15-25(36(28(33)39)17-20-9-4-6-12-23(20)30)32-21-10-7-13-35(18-21)24(14-27(38)34(2)40)31-16-19-8-3-5-11-22(19)29/h3-6,8-9,11-12,14-15,21,31-32,40H,7,10,13,16-18,29-30H2,1-2H3/b24-14+/t21-/m1/s1. The first kappa shape index (κ1) is 28.3. The minimum Gasteiger partial charge on any atom is -0.398 e. The lowest BCUT2D eigenvalue weighted by Gasteiger charge is -2.37. The normalized spacial score (nSPS) is 15.5. The summed E-state index contributed by atoms with van der Waals surface area (Å²) >= 11 is 0. The molecule has 0 bridgehead atoms. The fourth-order valence-corrected chi connectivity index (χ4v) is 4.66. The molecule has 0 aliphatic carbocycles. The average Bonchev–Trinajstić information content (AvgIpc) is 2.93. The van der Waals surface area contributed by atoms with Crippen molar-refractivity contribution in [3.05, 3.63) is 98.5 Å². The van der Waals surface area contributed by atoms with E-state index in [-0.39, 0.29) is 12.6 Å². The van der Waals surface area contributed by atoms with Crippen LogP contribution in [0.5, 0.6) is 0 Å². The number of nitrogens with zero attached hydrogens (tertiary/aromatic N) is 4. The number of carbonyl (C=O) groups excluding carboxylic acids is 1. The van der Waals surface area contributed by atoms with Gasteiger partial charge in [0.1, 0.15) is 11.6 Å². The van der Waals surface area contributed by atoms with Crippen molar-refractivity contribution in [3.8, 4) is 0 Å². The number of nitrogens with two attached hydrogens (primary N) is 2. The summed E-state index contributed by atoms with van der Waals surface area (Å²) in [5.74, 6) is 0.337. The van der Waals surface area contributed by atoms with Crippen LogP contribution in [0.1, 0.15) is 24.0 Å². The van der Waals surface area contributed by atoms with E-state index in [1.165, 1.54) is 30.8 Å². The smallest absolute Gasteiger partial charge is 0.332 e. The third-order valence-corrected chi connectivity index (χ3v) is 6.99. The minimum atomic E-state index is -0.584. The van der Waals surface area contributed by atoms with Crippen molar-refractivity contribution >= 4 is 23.1 Å². The molecule has 7 N–H and O–H groups in total. The molecule has 212 valence electrons. The van der Waals surface area contributed by atoms with E-state index >= 15 is 0 Å². The van der Waals surface area contributed by atoms with Gasteiger partial charge in [-0.25, -0.2) is 9.86 Å². The number of anilines is 3. The van der Waals surface area contributed by atoms with Crippen LogP contribution >= 0.6 is 0 Å². The van der Waals surface area contributed by atoms with Gasteiger partial charge in [0.2, 0.25) is 0 Å². The molecule has 4 rings (SSSR count). The van der Waals surface area contributed by atoms with Gasteiger partial charge in [0.05, 0.1) is 6.54 Å². The van der Waals surface area contributed by atoms with Crippen molar-refractivity contribution < 1.29 is 10.0 Å². The third kappa shape index (κ3) is 6.64. The molecule has 0 radical (unpaired) electrons. The number of piperidine rings is 1. The monoisotopic (exact) mass is 548 g/mol. The molecule has 1 atom stereocenters. The summed E-state index contributed by atoms with van der Waals surface area (Å²) in [6.45, 7) is 1.71. The van der Waals surface area contributed by atoms with Crippen molar-refractivity contribution in [2.24, 2.45) is 7.05 Å². The van der Waals surface area contributed by atoms with Gasteiger partial charge in [-0.15, -0.1) is 0 Å². The number of carbonyl (C=O) groups is 1. The number of hydroxylamine groups is 2. The molecule has 1 saturated heterocycles. The number of nitrogen functional groups attached to an aromatic ring is 2. The van der Waals surface area contributed by atoms with E-state index in [1.54, 1.807) is 12.1 Å². The van der Waals surface area contributed by atoms with Crippen LogP contribution in [0.3, 0.4) is 0 Å². The molecule has 2 aromatic carbocycles. The zero-order valence-electron chi connectivity index (χ0n) is 22.7. The SMILES string of the molecule is CN(O)C(=O)/C=C(\NCc1ccccc1N)N1CCC[C@@H](Nc2cc(=O)n(C)c(=O)n2Cc2ccccc2N)C1. The molecule has 1 aliphatic rings. The Labute approximate surface area is 232 Å². The van der Waals surface area contributed by atoms with Crippen LogP contribution in [0, 0.1) is 0 Å². The Hall–Kier alpha value is -4.71. The highest BCUT2D eigenvalue weighted by atomic mass is 16.5. The van der Waals surface area contributed by atoms with E-state index in [4.69, 9.17) is 11.5 Å². The van der Waals surface area contributed by atoms with E-state index in [0.717, 1.165) is 28.5 Å². The van der Waals surface area contributed by atoms with E-state index in [2.05, 4.69) is 10.6 Å². The molecular weight excluding hydrogens is 512 g/mol. The lowest BCUT2D eigenvalue weighted by Crippen LogP contribution is -2.46. The van der Waals surface area contributed by atoms with Crippen LogP contribution in [0.25, 0.3) is 0 Å². The molecule has 0 spiro atoms. The maximum absolute atomic E-state index is 13.1.